The molecule has 1 heterocycles. The van der Waals surface area contributed by atoms with E-state index in [1.165, 1.54) is 6.07 Å². The molecule has 0 fully saturated rings. The van der Waals surface area contributed by atoms with Crippen molar-refractivity contribution in [2.45, 2.75) is 0 Å². The minimum Gasteiger partial charge on any atom is -0.414 e. The summed E-state index contributed by atoms with van der Waals surface area (Å²) in [4.78, 5) is 12.7. The van der Waals surface area contributed by atoms with Gasteiger partial charge >= 0.3 is 5.63 Å². The summed E-state index contributed by atoms with van der Waals surface area (Å²) in [6, 6.07) is 4.66. The molecule has 68 valence electrons. The van der Waals surface area contributed by atoms with Crippen LogP contribution in [-0.4, -0.2) is 25.5 Å². The molecule has 0 spiro atoms. The highest BCUT2D eigenvalue weighted by atomic mass is 16.4. The van der Waals surface area contributed by atoms with Gasteiger partial charge in [-0.1, -0.05) is 12.0 Å². The summed E-state index contributed by atoms with van der Waals surface area (Å²) >= 11 is 0. The van der Waals surface area contributed by atoms with Crippen LogP contribution in [0.5, 0.6) is 0 Å². The van der Waals surface area contributed by atoms with Crippen molar-refractivity contribution in [2.75, 3.05) is 20.6 Å². The first-order valence-corrected chi connectivity index (χ1v) is 3.92. The maximum Gasteiger partial charge on any atom is 0.336 e. The van der Waals surface area contributed by atoms with Crippen LogP contribution < -0.4 is 5.63 Å². The smallest absolute Gasteiger partial charge is 0.336 e. The van der Waals surface area contributed by atoms with E-state index in [1.54, 1.807) is 12.1 Å². The molecule has 1 aromatic rings. The Morgan fingerprint density at radius 2 is 2.23 bits per heavy atom. The third kappa shape index (κ3) is 3.59. The summed E-state index contributed by atoms with van der Waals surface area (Å²) in [5, 5.41) is 0. The van der Waals surface area contributed by atoms with E-state index in [-0.39, 0.29) is 5.63 Å². The minimum absolute atomic E-state index is 0.364. The zero-order valence-corrected chi connectivity index (χ0v) is 7.70. The van der Waals surface area contributed by atoms with E-state index in [0.29, 0.717) is 12.3 Å². The van der Waals surface area contributed by atoms with Gasteiger partial charge in [0.2, 0.25) is 0 Å². The molecule has 0 saturated carbocycles. The molecule has 0 aliphatic heterocycles. The minimum atomic E-state index is -0.364. The fourth-order valence-electron chi connectivity index (χ4n) is 0.742. The molecule has 1 aromatic heterocycles. The molecule has 0 unspecified atom stereocenters. The zero-order valence-electron chi connectivity index (χ0n) is 7.70. The van der Waals surface area contributed by atoms with Gasteiger partial charge in [0.05, 0.1) is 6.54 Å². The van der Waals surface area contributed by atoms with Gasteiger partial charge in [0, 0.05) is 6.07 Å². The third-order valence-electron chi connectivity index (χ3n) is 1.30. The Morgan fingerprint density at radius 3 is 2.85 bits per heavy atom. The number of rotatable bonds is 1. The summed E-state index contributed by atoms with van der Waals surface area (Å²) < 4.78 is 4.81. The Morgan fingerprint density at radius 1 is 1.46 bits per heavy atom. The molecule has 0 aliphatic rings. The van der Waals surface area contributed by atoms with E-state index in [9.17, 15) is 4.79 Å². The average Bonchev–Trinajstić information content (AvgIpc) is 2.03. The van der Waals surface area contributed by atoms with Gasteiger partial charge in [-0.2, -0.15) is 0 Å². The second-order valence-electron chi connectivity index (χ2n) is 2.85. The van der Waals surface area contributed by atoms with E-state index >= 15 is 0 Å². The molecule has 0 atom stereocenters. The van der Waals surface area contributed by atoms with Gasteiger partial charge in [-0.25, -0.2) is 4.79 Å². The van der Waals surface area contributed by atoms with E-state index < -0.39 is 0 Å². The van der Waals surface area contributed by atoms with Gasteiger partial charge in [0.25, 0.3) is 0 Å². The summed E-state index contributed by atoms with van der Waals surface area (Å²) in [6.45, 7) is 0.651. The molecular formula is C10H11NO2. The Bertz CT molecular complexity index is 382. The normalized spacial score (nSPS) is 9.46. The van der Waals surface area contributed by atoms with E-state index in [2.05, 4.69) is 11.8 Å². The predicted molar refractivity (Wildman–Crippen MR) is 50.4 cm³/mol. The third-order valence-corrected chi connectivity index (χ3v) is 1.30. The van der Waals surface area contributed by atoms with Crippen LogP contribution in [0.25, 0.3) is 0 Å². The van der Waals surface area contributed by atoms with Crippen molar-refractivity contribution in [1.29, 1.82) is 0 Å². The Hall–Kier alpha value is -1.53. The fraction of sp³-hybridized carbons (Fsp3) is 0.300. The lowest BCUT2D eigenvalue weighted by Gasteiger charge is -2.00. The topological polar surface area (TPSA) is 33.5 Å². The zero-order chi connectivity index (χ0) is 9.68. The van der Waals surface area contributed by atoms with Crippen molar-refractivity contribution >= 4 is 0 Å². The summed E-state index contributed by atoms with van der Waals surface area (Å²) in [7, 11) is 3.85. The molecule has 0 N–H and O–H groups in total. The average molecular weight is 177 g/mol. The highest BCUT2D eigenvalue weighted by molar-refractivity contribution is 5.24. The largest absolute Gasteiger partial charge is 0.414 e. The van der Waals surface area contributed by atoms with Crippen molar-refractivity contribution in [3.8, 4) is 11.8 Å². The molecule has 0 amide bonds. The molecule has 0 saturated heterocycles. The van der Waals surface area contributed by atoms with Gasteiger partial charge in [-0.05, 0) is 26.1 Å². The molecule has 0 radical (unpaired) electrons. The first-order chi connectivity index (χ1) is 6.18. The van der Waals surface area contributed by atoms with E-state index in [4.69, 9.17) is 4.42 Å². The van der Waals surface area contributed by atoms with Crippen LogP contribution in [0.4, 0.5) is 0 Å². The van der Waals surface area contributed by atoms with Crippen molar-refractivity contribution in [3.63, 3.8) is 0 Å². The standard InChI is InChI=1S/C10H11NO2/c1-11(2)8-4-6-9-5-3-7-10(12)13-9/h3,5,7H,8H2,1-2H3. The SMILES string of the molecule is CN(C)CC#Cc1cccc(=O)o1. The van der Waals surface area contributed by atoms with Crippen molar-refractivity contribution in [3.05, 3.63) is 34.4 Å². The van der Waals surface area contributed by atoms with Crippen molar-refractivity contribution < 1.29 is 4.42 Å². The quantitative estimate of drug-likeness (QED) is 0.587. The maximum atomic E-state index is 10.7. The van der Waals surface area contributed by atoms with Gasteiger partial charge in [0.1, 0.15) is 0 Å². The van der Waals surface area contributed by atoms with Crippen LogP contribution in [-0.2, 0) is 0 Å². The van der Waals surface area contributed by atoms with Crippen LogP contribution in [0.1, 0.15) is 5.76 Å². The first-order valence-electron chi connectivity index (χ1n) is 3.92. The lowest BCUT2D eigenvalue weighted by atomic mass is 10.4. The Kier molecular flexibility index (Phi) is 3.30. The first kappa shape index (κ1) is 9.56. The molecule has 0 aromatic carbocycles. The molecular weight excluding hydrogens is 166 g/mol. The van der Waals surface area contributed by atoms with Gasteiger partial charge in [-0.15, -0.1) is 0 Å². The Labute approximate surface area is 77.0 Å². The summed E-state index contributed by atoms with van der Waals surface area (Å²) in [6.07, 6.45) is 0. The van der Waals surface area contributed by atoms with Crippen LogP contribution in [0.3, 0.4) is 0 Å². The molecule has 3 heteroatoms. The molecule has 13 heavy (non-hydrogen) atoms. The molecule has 0 aliphatic carbocycles. The van der Waals surface area contributed by atoms with Gasteiger partial charge in [0.15, 0.2) is 5.76 Å². The van der Waals surface area contributed by atoms with E-state index in [1.807, 2.05) is 19.0 Å². The highest BCUT2D eigenvalue weighted by Gasteiger charge is 1.88. The number of hydrogen-bond donors (Lipinski definition) is 0. The maximum absolute atomic E-state index is 10.7. The monoisotopic (exact) mass is 177 g/mol. The fourth-order valence-corrected chi connectivity index (χ4v) is 0.742. The number of hydrogen-bond acceptors (Lipinski definition) is 3. The summed E-state index contributed by atoms with van der Waals surface area (Å²) in [5.74, 6) is 6.04. The van der Waals surface area contributed by atoms with Crippen molar-refractivity contribution in [1.82, 2.24) is 4.90 Å². The van der Waals surface area contributed by atoms with Gasteiger partial charge < -0.3 is 4.42 Å². The predicted octanol–water partition coefficient (Wildman–Crippen LogP) is 0.553. The van der Waals surface area contributed by atoms with Gasteiger partial charge in [-0.3, -0.25) is 4.90 Å². The second kappa shape index (κ2) is 4.48. The van der Waals surface area contributed by atoms with Crippen molar-refractivity contribution in [2.24, 2.45) is 0 Å². The Balaban J connectivity index is 2.72. The molecule has 0 bridgehead atoms. The molecule has 1 rings (SSSR count). The second-order valence-corrected chi connectivity index (χ2v) is 2.85. The molecule has 3 nitrogen and oxygen atoms in total. The van der Waals surface area contributed by atoms with Crippen LogP contribution >= 0.6 is 0 Å². The summed E-state index contributed by atoms with van der Waals surface area (Å²) in [5.41, 5.74) is -0.364. The number of nitrogens with zero attached hydrogens (tertiary/aromatic N) is 1. The lowest BCUT2D eigenvalue weighted by Crippen LogP contribution is -2.10. The van der Waals surface area contributed by atoms with Crippen LogP contribution in [0.2, 0.25) is 0 Å². The van der Waals surface area contributed by atoms with Crippen LogP contribution in [0, 0.1) is 11.8 Å². The van der Waals surface area contributed by atoms with Crippen LogP contribution in [0.15, 0.2) is 27.4 Å². The van der Waals surface area contributed by atoms with E-state index in [0.717, 1.165) is 0 Å². The highest BCUT2D eigenvalue weighted by Crippen LogP contribution is 1.89. The lowest BCUT2D eigenvalue weighted by molar-refractivity contribution is 0.463.